The Labute approximate surface area is 227 Å². The molecule has 1 amide bonds. The second-order valence-electron chi connectivity index (χ2n) is 9.19. The lowest BCUT2D eigenvalue weighted by molar-refractivity contribution is -0.139. The Hall–Kier alpha value is -4.59. The van der Waals surface area contributed by atoms with Crippen LogP contribution in [0.5, 0.6) is 11.5 Å². The van der Waals surface area contributed by atoms with E-state index in [0.29, 0.717) is 40.5 Å². The Morgan fingerprint density at radius 2 is 1.67 bits per heavy atom. The summed E-state index contributed by atoms with van der Waals surface area (Å²) in [7, 11) is 2.87. The molecule has 8 heteroatoms. The number of carbonyl (C=O) groups is 3. The summed E-state index contributed by atoms with van der Waals surface area (Å²) in [6.07, 6.45) is 0.935. The molecule has 0 bridgehead atoms. The smallest absolute Gasteiger partial charge is 0.309 e. The van der Waals surface area contributed by atoms with Crippen LogP contribution >= 0.6 is 0 Å². The summed E-state index contributed by atoms with van der Waals surface area (Å²) in [6.45, 7) is 4.44. The normalized spacial score (nSPS) is 16.3. The fourth-order valence-electron chi connectivity index (χ4n) is 4.54. The molecule has 3 aromatic carbocycles. The van der Waals surface area contributed by atoms with Gasteiger partial charge in [-0.1, -0.05) is 31.2 Å². The van der Waals surface area contributed by atoms with Crippen molar-refractivity contribution in [1.29, 1.82) is 0 Å². The number of rotatable bonds is 9. The van der Waals surface area contributed by atoms with Crippen LogP contribution in [0.1, 0.15) is 41.6 Å². The molecular weight excluding hydrogens is 498 g/mol. The first kappa shape index (κ1) is 27.4. The molecule has 0 aliphatic carbocycles. The van der Waals surface area contributed by atoms with Crippen molar-refractivity contribution in [3.8, 4) is 11.5 Å². The van der Waals surface area contributed by atoms with E-state index in [2.05, 4.69) is 0 Å². The minimum atomic E-state index is -0.890. The Bertz CT molecular complexity index is 1410. The van der Waals surface area contributed by atoms with E-state index in [0.717, 1.165) is 12.0 Å². The number of esters is 1. The summed E-state index contributed by atoms with van der Waals surface area (Å²) in [4.78, 5) is 39.9. The van der Waals surface area contributed by atoms with E-state index >= 15 is 0 Å². The minimum Gasteiger partial charge on any atom is -0.507 e. The molecule has 1 saturated heterocycles. The number of anilines is 1. The fraction of sp³-hybridized carbons (Fsp3) is 0.258. The topological polar surface area (TPSA) is 102 Å². The van der Waals surface area contributed by atoms with Crippen LogP contribution in [-0.2, 0) is 25.5 Å². The Balaban J connectivity index is 1.81. The van der Waals surface area contributed by atoms with Gasteiger partial charge in [-0.2, -0.15) is 0 Å². The number of methoxy groups -OCH3 is 2. The number of aryl methyl sites for hydroxylation is 1. The van der Waals surface area contributed by atoms with Crippen LogP contribution < -0.4 is 14.4 Å². The zero-order valence-corrected chi connectivity index (χ0v) is 22.4. The van der Waals surface area contributed by atoms with Gasteiger partial charge in [-0.05, 0) is 72.5 Å². The maximum absolute atomic E-state index is 13.4. The van der Waals surface area contributed by atoms with Crippen molar-refractivity contribution in [1.82, 2.24) is 0 Å². The van der Waals surface area contributed by atoms with Crippen LogP contribution in [0.15, 0.2) is 72.3 Å². The van der Waals surface area contributed by atoms with Crippen molar-refractivity contribution < 1.29 is 33.7 Å². The van der Waals surface area contributed by atoms with Gasteiger partial charge in [-0.3, -0.25) is 19.3 Å². The van der Waals surface area contributed by atoms with Crippen molar-refractivity contribution in [3.05, 3.63) is 94.6 Å². The number of benzene rings is 3. The predicted molar refractivity (Wildman–Crippen MR) is 147 cm³/mol. The molecular formula is C31H31NO7. The summed E-state index contributed by atoms with van der Waals surface area (Å²) in [5.41, 5.74) is 2.94. The average molecular weight is 530 g/mol. The van der Waals surface area contributed by atoms with E-state index in [1.165, 1.54) is 12.0 Å². The summed E-state index contributed by atoms with van der Waals surface area (Å²) >= 11 is 0. The van der Waals surface area contributed by atoms with Crippen LogP contribution in [0.2, 0.25) is 0 Å². The second kappa shape index (κ2) is 11.9. The van der Waals surface area contributed by atoms with Gasteiger partial charge in [0.15, 0.2) is 0 Å². The number of aliphatic hydroxyl groups excluding tert-OH is 1. The Kier molecular flexibility index (Phi) is 8.34. The number of ether oxygens (including phenoxy) is 3. The number of hydrogen-bond acceptors (Lipinski definition) is 7. The number of aliphatic hydroxyl groups is 1. The average Bonchev–Trinajstić information content (AvgIpc) is 3.22. The summed E-state index contributed by atoms with van der Waals surface area (Å²) in [5.74, 6) is -0.922. The number of nitrogens with zero attached hydrogens (tertiary/aromatic N) is 1. The molecule has 4 rings (SSSR count). The zero-order valence-electron chi connectivity index (χ0n) is 22.4. The fourth-order valence-corrected chi connectivity index (χ4v) is 4.54. The maximum Gasteiger partial charge on any atom is 0.309 e. The summed E-state index contributed by atoms with van der Waals surface area (Å²) in [6, 6.07) is 18.0. The molecule has 202 valence electrons. The quantitative estimate of drug-likeness (QED) is 0.177. The molecule has 0 aromatic heterocycles. The van der Waals surface area contributed by atoms with Crippen molar-refractivity contribution in [2.75, 3.05) is 25.7 Å². The number of carbonyl (C=O) groups excluding carboxylic acids is 3. The molecule has 0 saturated carbocycles. The number of Topliss-reactive ketones (excluding diaryl/α,β-unsaturated/α-hetero) is 1. The van der Waals surface area contributed by atoms with Gasteiger partial charge >= 0.3 is 5.97 Å². The summed E-state index contributed by atoms with van der Waals surface area (Å²) in [5, 5.41) is 11.4. The highest BCUT2D eigenvalue weighted by atomic mass is 16.5. The molecule has 0 spiro atoms. The standard InChI is InChI=1S/C31H31NO7/c1-5-16-39-25-15-10-22(17-19(25)2)29(34)27-28(21-8-13-24(37-3)14-9-21)32(31(36)30(27)35)23-11-6-20(7-12-23)18-26(33)38-4/h6-15,17,28,34H,5,16,18H2,1-4H3/b29-27-. The Morgan fingerprint density at radius 1 is 0.974 bits per heavy atom. The van der Waals surface area contributed by atoms with Gasteiger partial charge in [-0.25, -0.2) is 0 Å². The van der Waals surface area contributed by atoms with E-state index in [4.69, 9.17) is 14.2 Å². The van der Waals surface area contributed by atoms with E-state index in [9.17, 15) is 19.5 Å². The van der Waals surface area contributed by atoms with Crippen molar-refractivity contribution >= 4 is 29.1 Å². The third kappa shape index (κ3) is 5.65. The van der Waals surface area contributed by atoms with Gasteiger partial charge in [0.2, 0.25) is 0 Å². The van der Waals surface area contributed by atoms with Gasteiger partial charge in [0, 0.05) is 11.3 Å². The highest BCUT2D eigenvalue weighted by Gasteiger charge is 2.47. The lowest BCUT2D eigenvalue weighted by Crippen LogP contribution is -2.29. The summed E-state index contributed by atoms with van der Waals surface area (Å²) < 4.78 is 15.7. The van der Waals surface area contributed by atoms with Crippen LogP contribution in [-0.4, -0.2) is 43.6 Å². The molecule has 1 unspecified atom stereocenters. The largest absolute Gasteiger partial charge is 0.507 e. The molecule has 0 radical (unpaired) electrons. The lowest BCUT2D eigenvalue weighted by Gasteiger charge is -2.26. The van der Waals surface area contributed by atoms with Crippen LogP contribution in [0.3, 0.4) is 0 Å². The number of amides is 1. The first-order valence-electron chi connectivity index (χ1n) is 12.6. The van der Waals surface area contributed by atoms with Crippen molar-refractivity contribution in [3.63, 3.8) is 0 Å². The molecule has 39 heavy (non-hydrogen) atoms. The molecule has 1 aliphatic heterocycles. The minimum absolute atomic E-state index is 0.0227. The molecule has 1 atom stereocenters. The van der Waals surface area contributed by atoms with Crippen molar-refractivity contribution in [2.45, 2.75) is 32.7 Å². The number of ketones is 1. The monoisotopic (exact) mass is 529 g/mol. The van der Waals surface area contributed by atoms with Crippen LogP contribution in [0.4, 0.5) is 5.69 Å². The number of hydrogen-bond donors (Lipinski definition) is 1. The zero-order chi connectivity index (χ0) is 28.1. The van der Waals surface area contributed by atoms with E-state index < -0.39 is 17.7 Å². The molecule has 1 fully saturated rings. The predicted octanol–water partition coefficient (Wildman–Crippen LogP) is 5.13. The van der Waals surface area contributed by atoms with Gasteiger partial charge < -0.3 is 19.3 Å². The van der Waals surface area contributed by atoms with E-state index in [-0.39, 0.29) is 23.7 Å². The highest BCUT2D eigenvalue weighted by Crippen LogP contribution is 2.42. The SMILES string of the molecule is CCCOc1ccc(/C(O)=C2/C(=O)C(=O)N(c3ccc(CC(=O)OC)cc3)C2c2ccc(OC)cc2)cc1C. The highest BCUT2D eigenvalue weighted by molar-refractivity contribution is 6.51. The van der Waals surface area contributed by atoms with Gasteiger partial charge in [0.1, 0.15) is 17.3 Å². The first-order chi connectivity index (χ1) is 18.8. The van der Waals surface area contributed by atoms with Gasteiger partial charge in [0.25, 0.3) is 11.7 Å². The van der Waals surface area contributed by atoms with Gasteiger partial charge in [0.05, 0.1) is 38.9 Å². The first-order valence-corrected chi connectivity index (χ1v) is 12.6. The van der Waals surface area contributed by atoms with Crippen LogP contribution in [0.25, 0.3) is 5.76 Å². The molecule has 1 heterocycles. The van der Waals surface area contributed by atoms with Crippen LogP contribution in [0, 0.1) is 6.92 Å². The maximum atomic E-state index is 13.4. The molecule has 3 aromatic rings. The third-order valence-electron chi connectivity index (χ3n) is 6.58. The third-order valence-corrected chi connectivity index (χ3v) is 6.58. The Morgan fingerprint density at radius 3 is 2.26 bits per heavy atom. The van der Waals surface area contributed by atoms with Gasteiger partial charge in [-0.15, -0.1) is 0 Å². The van der Waals surface area contributed by atoms with E-state index in [1.807, 2.05) is 13.8 Å². The molecule has 1 aliphatic rings. The molecule has 8 nitrogen and oxygen atoms in total. The van der Waals surface area contributed by atoms with E-state index in [1.54, 1.807) is 73.8 Å². The van der Waals surface area contributed by atoms with Crippen molar-refractivity contribution in [2.24, 2.45) is 0 Å². The second-order valence-corrected chi connectivity index (χ2v) is 9.19. The lowest BCUT2D eigenvalue weighted by atomic mass is 9.94. The molecule has 1 N–H and O–H groups in total.